The number of carbonyl (C=O) groups excluding carboxylic acids is 1. The van der Waals surface area contributed by atoms with E-state index < -0.39 is 0 Å². The molecule has 0 aliphatic carbocycles. The van der Waals surface area contributed by atoms with E-state index in [9.17, 15) is 4.79 Å². The molecule has 0 spiro atoms. The molecule has 1 aromatic heterocycles. The van der Waals surface area contributed by atoms with Gasteiger partial charge in [0.1, 0.15) is 5.75 Å². The summed E-state index contributed by atoms with van der Waals surface area (Å²) in [5, 5.41) is 4.76. The van der Waals surface area contributed by atoms with E-state index in [1.54, 1.807) is 13.2 Å². The first-order chi connectivity index (χ1) is 14.6. The quantitative estimate of drug-likeness (QED) is 0.654. The number of aryl methyl sites for hydroxylation is 1. The largest absolute Gasteiger partial charge is 0.497 e. The van der Waals surface area contributed by atoms with Gasteiger partial charge in [0.2, 0.25) is 0 Å². The minimum absolute atomic E-state index is 0.0674. The van der Waals surface area contributed by atoms with Crippen molar-refractivity contribution in [2.24, 2.45) is 0 Å². The molecule has 6 heteroatoms. The molecule has 1 saturated heterocycles. The van der Waals surface area contributed by atoms with E-state index in [0.29, 0.717) is 11.3 Å². The van der Waals surface area contributed by atoms with Crippen LogP contribution in [0.25, 0.3) is 5.69 Å². The first-order valence-electron chi connectivity index (χ1n) is 10.3. The summed E-state index contributed by atoms with van der Waals surface area (Å²) >= 11 is 0. The summed E-state index contributed by atoms with van der Waals surface area (Å²) < 4.78 is 7.27. The maximum atomic E-state index is 12.8. The summed E-state index contributed by atoms with van der Waals surface area (Å²) in [6, 6.07) is 17.6. The molecule has 0 saturated carbocycles. The number of ether oxygens (including phenoxy) is 1. The minimum atomic E-state index is 0.0674. The van der Waals surface area contributed by atoms with Gasteiger partial charge in [0, 0.05) is 49.5 Å². The molecule has 2 heterocycles. The second kappa shape index (κ2) is 8.71. The number of rotatable bonds is 5. The van der Waals surface area contributed by atoms with Gasteiger partial charge in [0.25, 0.3) is 5.91 Å². The molecule has 30 heavy (non-hydrogen) atoms. The number of carbonyl (C=O) groups is 1. The van der Waals surface area contributed by atoms with E-state index in [-0.39, 0.29) is 5.91 Å². The third-order valence-corrected chi connectivity index (χ3v) is 5.80. The normalized spacial score (nSPS) is 14.7. The predicted molar refractivity (Wildman–Crippen MR) is 117 cm³/mol. The maximum absolute atomic E-state index is 12.8. The second-order valence-electron chi connectivity index (χ2n) is 7.70. The zero-order valence-corrected chi connectivity index (χ0v) is 17.8. The van der Waals surface area contributed by atoms with Crippen molar-refractivity contribution < 1.29 is 9.53 Å². The Morgan fingerprint density at radius 1 is 1.00 bits per heavy atom. The SMILES string of the molecule is COc1cccc(C(=O)N2CCN(Cc3c(C)nn(-c4ccccc4)c3C)CC2)c1. The van der Waals surface area contributed by atoms with Gasteiger partial charge in [-0.25, -0.2) is 4.68 Å². The number of hydrogen-bond acceptors (Lipinski definition) is 4. The molecule has 0 radical (unpaired) electrons. The van der Waals surface area contributed by atoms with E-state index in [1.165, 1.54) is 11.3 Å². The molecule has 4 rings (SSSR count). The van der Waals surface area contributed by atoms with Gasteiger partial charge < -0.3 is 9.64 Å². The zero-order chi connectivity index (χ0) is 21.1. The van der Waals surface area contributed by atoms with Crippen molar-refractivity contribution >= 4 is 5.91 Å². The molecule has 0 unspecified atom stereocenters. The Hall–Kier alpha value is -3.12. The smallest absolute Gasteiger partial charge is 0.254 e. The van der Waals surface area contributed by atoms with Crippen molar-refractivity contribution in [2.75, 3.05) is 33.3 Å². The van der Waals surface area contributed by atoms with E-state index in [1.807, 2.05) is 46.0 Å². The van der Waals surface area contributed by atoms with Gasteiger partial charge in [-0.15, -0.1) is 0 Å². The van der Waals surface area contributed by atoms with Gasteiger partial charge in [-0.2, -0.15) is 5.10 Å². The summed E-state index contributed by atoms with van der Waals surface area (Å²) in [5.74, 6) is 0.777. The van der Waals surface area contributed by atoms with Crippen LogP contribution in [0.15, 0.2) is 54.6 Å². The Bertz CT molecular complexity index is 1020. The van der Waals surface area contributed by atoms with Crippen LogP contribution >= 0.6 is 0 Å². The Morgan fingerprint density at radius 2 is 1.73 bits per heavy atom. The minimum Gasteiger partial charge on any atom is -0.497 e. The van der Waals surface area contributed by atoms with Crippen LogP contribution in [0.2, 0.25) is 0 Å². The molecular weight excluding hydrogens is 376 g/mol. The number of nitrogens with zero attached hydrogens (tertiary/aromatic N) is 4. The third-order valence-electron chi connectivity index (χ3n) is 5.80. The number of benzene rings is 2. The summed E-state index contributed by atoms with van der Waals surface area (Å²) in [6.07, 6.45) is 0. The van der Waals surface area contributed by atoms with Crippen molar-refractivity contribution in [1.29, 1.82) is 0 Å². The Kier molecular flexibility index (Phi) is 5.86. The van der Waals surface area contributed by atoms with Gasteiger partial charge in [0.15, 0.2) is 0 Å². The number of amides is 1. The van der Waals surface area contributed by atoms with Crippen LogP contribution < -0.4 is 4.74 Å². The highest BCUT2D eigenvalue weighted by atomic mass is 16.5. The van der Waals surface area contributed by atoms with Crippen LogP contribution in [0.1, 0.15) is 27.3 Å². The highest BCUT2D eigenvalue weighted by molar-refractivity contribution is 5.94. The zero-order valence-electron chi connectivity index (χ0n) is 17.8. The highest BCUT2D eigenvalue weighted by Crippen LogP contribution is 2.21. The molecular formula is C24H28N4O2. The topological polar surface area (TPSA) is 50.6 Å². The van der Waals surface area contributed by atoms with Crippen molar-refractivity contribution in [3.63, 3.8) is 0 Å². The first kappa shape index (κ1) is 20.2. The number of para-hydroxylation sites is 1. The summed E-state index contributed by atoms with van der Waals surface area (Å²) in [6.45, 7) is 8.21. The van der Waals surface area contributed by atoms with Crippen LogP contribution in [0.4, 0.5) is 0 Å². The van der Waals surface area contributed by atoms with E-state index in [2.05, 4.69) is 30.9 Å². The van der Waals surface area contributed by atoms with Gasteiger partial charge in [-0.05, 0) is 44.2 Å². The average molecular weight is 405 g/mol. The van der Waals surface area contributed by atoms with Gasteiger partial charge in [-0.1, -0.05) is 24.3 Å². The first-order valence-corrected chi connectivity index (χ1v) is 10.3. The molecule has 3 aromatic rings. The number of methoxy groups -OCH3 is 1. The molecule has 1 fully saturated rings. The van der Waals surface area contributed by atoms with Crippen LogP contribution in [-0.4, -0.2) is 58.8 Å². The maximum Gasteiger partial charge on any atom is 0.254 e. The lowest BCUT2D eigenvalue weighted by Gasteiger charge is -2.34. The van der Waals surface area contributed by atoms with Gasteiger partial charge >= 0.3 is 0 Å². The number of hydrogen-bond donors (Lipinski definition) is 0. The van der Waals surface area contributed by atoms with E-state index >= 15 is 0 Å². The fourth-order valence-corrected chi connectivity index (χ4v) is 4.00. The lowest BCUT2D eigenvalue weighted by molar-refractivity contribution is 0.0627. The van der Waals surface area contributed by atoms with Crippen LogP contribution in [0.3, 0.4) is 0 Å². The summed E-state index contributed by atoms with van der Waals surface area (Å²) in [7, 11) is 1.62. The van der Waals surface area contributed by atoms with Crippen molar-refractivity contribution in [3.05, 3.63) is 77.1 Å². The number of aromatic nitrogens is 2. The lowest BCUT2D eigenvalue weighted by Crippen LogP contribution is -2.48. The Balaban J connectivity index is 1.41. The molecule has 1 amide bonds. The molecule has 6 nitrogen and oxygen atoms in total. The van der Waals surface area contributed by atoms with Crippen LogP contribution in [0.5, 0.6) is 5.75 Å². The summed E-state index contributed by atoms with van der Waals surface area (Å²) in [5.41, 5.74) is 5.27. The van der Waals surface area contributed by atoms with Gasteiger partial charge in [-0.3, -0.25) is 9.69 Å². The Labute approximate surface area is 177 Å². The summed E-state index contributed by atoms with van der Waals surface area (Å²) in [4.78, 5) is 17.2. The average Bonchev–Trinajstić information content (AvgIpc) is 3.08. The molecule has 156 valence electrons. The fraction of sp³-hybridized carbons (Fsp3) is 0.333. The molecule has 2 aromatic carbocycles. The molecule has 1 aliphatic rings. The standard InChI is InChI=1S/C24H28N4O2/c1-18-23(19(2)28(25-18)21-9-5-4-6-10-21)17-26-12-14-27(15-13-26)24(29)20-8-7-11-22(16-20)30-3/h4-11,16H,12-15,17H2,1-3H3. The molecule has 0 N–H and O–H groups in total. The van der Waals surface area contributed by atoms with Crippen LogP contribution in [-0.2, 0) is 6.54 Å². The number of piperazine rings is 1. The predicted octanol–water partition coefficient (Wildman–Crippen LogP) is 3.46. The van der Waals surface area contributed by atoms with Crippen LogP contribution in [0, 0.1) is 13.8 Å². The fourth-order valence-electron chi connectivity index (χ4n) is 4.00. The Morgan fingerprint density at radius 3 is 2.43 bits per heavy atom. The van der Waals surface area contributed by atoms with Crippen molar-refractivity contribution in [3.8, 4) is 11.4 Å². The van der Waals surface area contributed by atoms with Crippen molar-refractivity contribution in [2.45, 2.75) is 20.4 Å². The highest BCUT2D eigenvalue weighted by Gasteiger charge is 2.24. The van der Waals surface area contributed by atoms with Crippen molar-refractivity contribution in [1.82, 2.24) is 19.6 Å². The second-order valence-corrected chi connectivity index (χ2v) is 7.70. The lowest BCUT2D eigenvalue weighted by atomic mass is 10.1. The molecule has 0 bridgehead atoms. The van der Waals surface area contributed by atoms with Gasteiger partial charge in [0.05, 0.1) is 18.5 Å². The van der Waals surface area contributed by atoms with E-state index in [0.717, 1.165) is 44.1 Å². The van der Waals surface area contributed by atoms with E-state index in [4.69, 9.17) is 9.84 Å². The monoisotopic (exact) mass is 404 g/mol. The third kappa shape index (κ3) is 4.09. The molecule has 0 atom stereocenters. The molecule has 1 aliphatic heterocycles.